The maximum absolute atomic E-state index is 13.0. The smallest absolute Gasteiger partial charge is 0.251 e. The number of methoxy groups -OCH3 is 1. The summed E-state index contributed by atoms with van der Waals surface area (Å²) in [6, 6.07) is 13.3. The number of rotatable bonds is 4. The molecule has 0 saturated carbocycles. The van der Waals surface area contributed by atoms with Crippen LogP contribution in [0.15, 0.2) is 48.5 Å². The van der Waals surface area contributed by atoms with Gasteiger partial charge in [0.05, 0.1) is 12.8 Å². The third kappa shape index (κ3) is 4.95. The number of likely N-dealkylation sites (tertiary alicyclic amines) is 1. The molecule has 0 atom stereocenters. The fraction of sp³-hybridized carbons (Fsp3) is 0.300. The SMILES string of the molecule is COc1ccccc1NC(=S)N1CCC(NC(=O)c2ccc(F)cc2)CC1. The normalized spacial score (nSPS) is 14.5. The minimum absolute atomic E-state index is 0.0767. The number of benzene rings is 2. The zero-order chi connectivity index (χ0) is 19.2. The fourth-order valence-electron chi connectivity index (χ4n) is 3.04. The predicted octanol–water partition coefficient (Wildman–Crippen LogP) is 3.43. The number of para-hydroxylation sites is 2. The first-order chi connectivity index (χ1) is 13.1. The van der Waals surface area contributed by atoms with E-state index in [0.717, 1.165) is 37.4 Å². The summed E-state index contributed by atoms with van der Waals surface area (Å²) in [6.45, 7) is 1.49. The van der Waals surface area contributed by atoms with Crippen LogP contribution in [-0.4, -0.2) is 42.2 Å². The van der Waals surface area contributed by atoms with Crippen LogP contribution in [0.4, 0.5) is 10.1 Å². The van der Waals surface area contributed by atoms with E-state index >= 15 is 0 Å². The van der Waals surface area contributed by atoms with Crippen molar-refractivity contribution in [1.29, 1.82) is 0 Å². The summed E-state index contributed by atoms with van der Waals surface area (Å²) in [7, 11) is 1.62. The van der Waals surface area contributed by atoms with Gasteiger partial charge in [0.15, 0.2) is 5.11 Å². The maximum Gasteiger partial charge on any atom is 0.251 e. The van der Waals surface area contributed by atoms with Crippen LogP contribution in [0.3, 0.4) is 0 Å². The van der Waals surface area contributed by atoms with Crippen molar-refractivity contribution in [3.8, 4) is 5.75 Å². The van der Waals surface area contributed by atoms with Gasteiger partial charge in [-0.2, -0.15) is 0 Å². The number of carbonyl (C=O) groups excluding carboxylic acids is 1. The molecule has 2 aromatic rings. The molecule has 0 aliphatic carbocycles. The second kappa shape index (κ2) is 8.81. The Labute approximate surface area is 163 Å². The number of piperidine rings is 1. The zero-order valence-electron chi connectivity index (χ0n) is 15.1. The summed E-state index contributed by atoms with van der Waals surface area (Å²) in [5, 5.41) is 6.88. The van der Waals surface area contributed by atoms with E-state index in [9.17, 15) is 9.18 Å². The fourth-order valence-corrected chi connectivity index (χ4v) is 3.33. The topological polar surface area (TPSA) is 53.6 Å². The number of halogens is 1. The highest BCUT2D eigenvalue weighted by Gasteiger charge is 2.23. The lowest BCUT2D eigenvalue weighted by Gasteiger charge is -2.34. The molecule has 0 radical (unpaired) electrons. The van der Waals surface area contributed by atoms with Crippen molar-refractivity contribution in [2.75, 3.05) is 25.5 Å². The number of hydrogen-bond acceptors (Lipinski definition) is 3. The molecule has 0 unspecified atom stereocenters. The monoisotopic (exact) mass is 387 g/mol. The van der Waals surface area contributed by atoms with Crippen LogP contribution in [0.2, 0.25) is 0 Å². The number of thiocarbonyl (C=S) groups is 1. The largest absolute Gasteiger partial charge is 0.495 e. The average molecular weight is 387 g/mol. The molecule has 1 saturated heterocycles. The summed E-state index contributed by atoms with van der Waals surface area (Å²) < 4.78 is 18.3. The third-order valence-corrected chi connectivity index (χ3v) is 4.93. The Balaban J connectivity index is 1.50. The summed E-state index contributed by atoms with van der Waals surface area (Å²) in [5.41, 5.74) is 1.30. The lowest BCUT2D eigenvalue weighted by atomic mass is 10.0. The van der Waals surface area contributed by atoms with E-state index in [4.69, 9.17) is 17.0 Å². The lowest BCUT2D eigenvalue weighted by molar-refractivity contribution is 0.0922. The minimum Gasteiger partial charge on any atom is -0.495 e. The van der Waals surface area contributed by atoms with Crippen LogP contribution in [0.25, 0.3) is 0 Å². The van der Waals surface area contributed by atoms with Gasteiger partial charge in [-0.05, 0) is 61.5 Å². The van der Waals surface area contributed by atoms with Crippen molar-refractivity contribution in [2.45, 2.75) is 18.9 Å². The molecule has 1 aliphatic rings. The summed E-state index contributed by atoms with van der Waals surface area (Å²) in [6.07, 6.45) is 1.58. The van der Waals surface area contributed by atoms with Gasteiger partial charge >= 0.3 is 0 Å². The van der Waals surface area contributed by atoms with E-state index in [0.29, 0.717) is 10.7 Å². The van der Waals surface area contributed by atoms with Gasteiger partial charge in [-0.25, -0.2) is 4.39 Å². The summed E-state index contributed by atoms with van der Waals surface area (Å²) in [4.78, 5) is 14.3. The van der Waals surface area contributed by atoms with Crippen LogP contribution in [-0.2, 0) is 0 Å². The van der Waals surface area contributed by atoms with E-state index in [1.165, 1.54) is 24.3 Å². The average Bonchev–Trinajstić information content (AvgIpc) is 2.69. The van der Waals surface area contributed by atoms with E-state index < -0.39 is 0 Å². The molecule has 2 N–H and O–H groups in total. The molecule has 0 bridgehead atoms. The molecular weight excluding hydrogens is 365 g/mol. The molecule has 1 aliphatic heterocycles. The molecule has 0 spiro atoms. The summed E-state index contributed by atoms with van der Waals surface area (Å²) in [5.74, 6) is 0.209. The van der Waals surface area contributed by atoms with Gasteiger partial charge < -0.3 is 20.3 Å². The highest BCUT2D eigenvalue weighted by molar-refractivity contribution is 7.80. The second-order valence-corrected chi connectivity index (χ2v) is 6.76. The maximum atomic E-state index is 13.0. The van der Waals surface area contributed by atoms with E-state index in [1.54, 1.807) is 7.11 Å². The Morgan fingerprint density at radius 3 is 2.48 bits per heavy atom. The van der Waals surface area contributed by atoms with Crippen molar-refractivity contribution in [3.05, 3.63) is 59.9 Å². The second-order valence-electron chi connectivity index (χ2n) is 6.37. The van der Waals surface area contributed by atoms with Gasteiger partial charge in [0.2, 0.25) is 0 Å². The van der Waals surface area contributed by atoms with Crippen molar-refractivity contribution in [2.24, 2.45) is 0 Å². The quantitative estimate of drug-likeness (QED) is 0.788. The predicted molar refractivity (Wildman–Crippen MR) is 108 cm³/mol. The van der Waals surface area contributed by atoms with Gasteiger partial charge in [-0.3, -0.25) is 4.79 Å². The Morgan fingerprint density at radius 2 is 1.81 bits per heavy atom. The number of hydrogen-bond donors (Lipinski definition) is 2. The first-order valence-corrected chi connectivity index (χ1v) is 9.23. The Bertz CT molecular complexity index is 805. The van der Waals surface area contributed by atoms with Gasteiger partial charge in [0.1, 0.15) is 11.6 Å². The third-order valence-electron chi connectivity index (χ3n) is 4.57. The van der Waals surface area contributed by atoms with Crippen molar-refractivity contribution in [1.82, 2.24) is 10.2 Å². The molecule has 3 rings (SSSR count). The highest BCUT2D eigenvalue weighted by atomic mass is 32.1. The summed E-state index contributed by atoms with van der Waals surface area (Å²) >= 11 is 5.52. The number of amides is 1. The Kier molecular flexibility index (Phi) is 6.24. The lowest BCUT2D eigenvalue weighted by Crippen LogP contribution is -2.47. The van der Waals surface area contributed by atoms with Crippen LogP contribution in [0, 0.1) is 5.82 Å². The number of ether oxygens (including phenoxy) is 1. The van der Waals surface area contributed by atoms with Crippen LogP contribution < -0.4 is 15.4 Å². The highest BCUT2D eigenvalue weighted by Crippen LogP contribution is 2.24. The van der Waals surface area contributed by atoms with Crippen LogP contribution in [0.1, 0.15) is 23.2 Å². The van der Waals surface area contributed by atoms with Crippen molar-refractivity contribution in [3.63, 3.8) is 0 Å². The van der Waals surface area contributed by atoms with Crippen molar-refractivity contribution >= 4 is 28.9 Å². The van der Waals surface area contributed by atoms with E-state index in [2.05, 4.69) is 15.5 Å². The van der Waals surface area contributed by atoms with Gasteiger partial charge in [0.25, 0.3) is 5.91 Å². The van der Waals surface area contributed by atoms with Crippen LogP contribution >= 0.6 is 12.2 Å². The molecule has 2 aromatic carbocycles. The first-order valence-electron chi connectivity index (χ1n) is 8.82. The van der Waals surface area contributed by atoms with E-state index in [-0.39, 0.29) is 17.8 Å². The van der Waals surface area contributed by atoms with E-state index in [1.807, 2.05) is 24.3 Å². The van der Waals surface area contributed by atoms with Gasteiger partial charge in [-0.15, -0.1) is 0 Å². The zero-order valence-corrected chi connectivity index (χ0v) is 15.9. The van der Waals surface area contributed by atoms with Gasteiger partial charge in [-0.1, -0.05) is 12.1 Å². The molecule has 7 heteroatoms. The molecule has 0 aromatic heterocycles. The Hall–Kier alpha value is -2.67. The molecular formula is C20H22FN3O2S. The molecule has 1 fully saturated rings. The standard InChI is InChI=1S/C20H22FN3O2S/c1-26-18-5-3-2-4-17(18)23-20(27)24-12-10-16(11-13-24)22-19(25)14-6-8-15(21)9-7-14/h2-9,16H,10-13H2,1H3,(H,22,25)(H,23,27). The molecule has 5 nitrogen and oxygen atoms in total. The number of anilines is 1. The number of nitrogens with zero attached hydrogens (tertiary/aromatic N) is 1. The van der Waals surface area contributed by atoms with Crippen LogP contribution in [0.5, 0.6) is 5.75 Å². The molecule has 1 amide bonds. The molecule has 142 valence electrons. The molecule has 27 heavy (non-hydrogen) atoms. The Morgan fingerprint density at radius 1 is 1.15 bits per heavy atom. The minimum atomic E-state index is -0.351. The number of carbonyl (C=O) groups is 1. The first kappa shape index (κ1) is 19.1. The van der Waals surface area contributed by atoms with Gasteiger partial charge in [0, 0.05) is 24.7 Å². The molecule has 1 heterocycles. The van der Waals surface area contributed by atoms with Crippen molar-refractivity contribution < 1.29 is 13.9 Å². The number of nitrogens with one attached hydrogen (secondary N) is 2.